The number of ether oxygens (including phenoxy) is 1. The van der Waals surface area contributed by atoms with E-state index in [9.17, 15) is 27.6 Å². The lowest BCUT2D eigenvalue weighted by Crippen LogP contribution is -2.77. The van der Waals surface area contributed by atoms with Crippen LogP contribution in [0.4, 0.5) is 19.0 Å². The molecule has 1 aromatic heterocycles. The molecule has 4 aliphatic rings. The van der Waals surface area contributed by atoms with Gasteiger partial charge in [0.1, 0.15) is 12.6 Å². The number of amides is 2. The first-order valence-corrected chi connectivity index (χ1v) is 11.3. The average Bonchev–Trinajstić information content (AvgIpc) is 2.76. The van der Waals surface area contributed by atoms with Crippen molar-refractivity contribution in [2.24, 2.45) is 10.8 Å². The molecule has 184 valence electrons. The Balaban J connectivity index is 1.47. The summed E-state index contributed by atoms with van der Waals surface area (Å²) in [7, 11) is 1.31. The maximum atomic E-state index is 14.7. The lowest BCUT2D eigenvalue weighted by Gasteiger charge is -2.72. The predicted octanol–water partition coefficient (Wildman–Crippen LogP) is 3.55. The summed E-state index contributed by atoms with van der Waals surface area (Å²) in [4.78, 5) is 45.9. The molecular weight excluding hydrogens is 463 g/mol. The molecule has 7 nitrogen and oxygen atoms in total. The molecule has 1 saturated heterocycles. The SMILES string of the molecule is COC(=O)C12CC(C3C(=O)N(c4ncc(C)cc4F)CC(=O)N3Cc3ccc(C(F)F)cc3)(C1)C2. The Kier molecular flexibility index (Phi) is 5.37. The molecule has 1 atom stereocenters. The van der Waals surface area contributed by atoms with Crippen LogP contribution in [0.5, 0.6) is 0 Å². The maximum absolute atomic E-state index is 14.7. The van der Waals surface area contributed by atoms with Crippen molar-refractivity contribution in [3.8, 4) is 0 Å². The highest BCUT2D eigenvalue weighted by Gasteiger charge is 2.77. The lowest BCUT2D eigenvalue weighted by molar-refractivity contribution is -0.245. The van der Waals surface area contributed by atoms with Gasteiger partial charge in [-0.05, 0) is 43.4 Å². The van der Waals surface area contributed by atoms with Crippen LogP contribution in [0.2, 0.25) is 0 Å². The van der Waals surface area contributed by atoms with E-state index in [1.165, 1.54) is 48.5 Å². The number of halogens is 3. The first kappa shape index (κ1) is 23.3. The summed E-state index contributed by atoms with van der Waals surface area (Å²) in [5.74, 6) is -2.14. The van der Waals surface area contributed by atoms with Crippen molar-refractivity contribution in [1.82, 2.24) is 9.88 Å². The van der Waals surface area contributed by atoms with Crippen LogP contribution >= 0.6 is 0 Å². The van der Waals surface area contributed by atoms with E-state index in [1.807, 2.05) is 0 Å². The number of alkyl halides is 2. The molecule has 0 radical (unpaired) electrons. The minimum absolute atomic E-state index is 0.0311. The van der Waals surface area contributed by atoms with E-state index in [4.69, 9.17) is 4.74 Å². The first-order valence-electron chi connectivity index (χ1n) is 11.3. The number of benzene rings is 1. The van der Waals surface area contributed by atoms with Crippen LogP contribution in [0, 0.1) is 23.6 Å². The number of methoxy groups -OCH3 is 1. The van der Waals surface area contributed by atoms with E-state index < -0.39 is 47.5 Å². The van der Waals surface area contributed by atoms with Gasteiger partial charge in [-0.2, -0.15) is 0 Å². The summed E-state index contributed by atoms with van der Waals surface area (Å²) < 4.78 is 45.5. The van der Waals surface area contributed by atoms with Crippen molar-refractivity contribution < 1.29 is 32.3 Å². The number of rotatable bonds is 6. The lowest BCUT2D eigenvalue weighted by atomic mass is 9.32. The Morgan fingerprint density at radius 3 is 2.43 bits per heavy atom. The van der Waals surface area contributed by atoms with Gasteiger partial charge in [0, 0.05) is 23.7 Å². The second kappa shape index (κ2) is 8.07. The van der Waals surface area contributed by atoms with Crippen LogP contribution in [-0.4, -0.2) is 47.4 Å². The van der Waals surface area contributed by atoms with Crippen LogP contribution in [-0.2, 0) is 25.7 Å². The molecular formula is C25H24F3N3O4. The molecule has 1 unspecified atom stereocenters. The van der Waals surface area contributed by atoms with E-state index in [1.54, 1.807) is 6.92 Å². The van der Waals surface area contributed by atoms with Crippen molar-refractivity contribution >= 4 is 23.6 Å². The summed E-state index contributed by atoms with van der Waals surface area (Å²) in [5, 5.41) is 0. The van der Waals surface area contributed by atoms with E-state index in [0.717, 1.165) is 4.90 Å². The Labute approximate surface area is 199 Å². The quantitative estimate of drug-likeness (QED) is 0.583. The van der Waals surface area contributed by atoms with Crippen LogP contribution in [0.1, 0.15) is 42.4 Å². The van der Waals surface area contributed by atoms with E-state index >= 15 is 0 Å². The number of anilines is 1. The molecule has 2 amide bonds. The molecule has 1 aromatic carbocycles. The average molecular weight is 487 g/mol. The Hall–Kier alpha value is -3.43. The van der Waals surface area contributed by atoms with Gasteiger partial charge in [0.15, 0.2) is 11.6 Å². The fourth-order valence-corrected chi connectivity index (χ4v) is 5.96. The van der Waals surface area contributed by atoms with Crippen LogP contribution in [0.3, 0.4) is 0 Å². The smallest absolute Gasteiger partial charge is 0.311 e. The van der Waals surface area contributed by atoms with Crippen molar-refractivity contribution in [2.45, 2.75) is 45.2 Å². The highest BCUT2D eigenvalue weighted by atomic mass is 19.3. The van der Waals surface area contributed by atoms with Crippen molar-refractivity contribution in [3.05, 3.63) is 59.0 Å². The number of piperazine rings is 1. The zero-order valence-corrected chi connectivity index (χ0v) is 19.3. The fourth-order valence-electron chi connectivity index (χ4n) is 5.96. The molecule has 2 aromatic rings. The first-order chi connectivity index (χ1) is 16.6. The summed E-state index contributed by atoms with van der Waals surface area (Å²) in [6.07, 6.45) is -0.0378. The molecule has 10 heteroatoms. The number of carbonyl (C=O) groups is 3. The third kappa shape index (κ3) is 3.57. The number of hydrogen-bond donors (Lipinski definition) is 0. The largest absolute Gasteiger partial charge is 0.469 e. The van der Waals surface area contributed by atoms with Crippen molar-refractivity contribution in [3.63, 3.8) is 0 Å². The van der Waals surface area contributed by atoms with E-state index in [-0.39, 0.29) is 23.9 Å². The topological polar surface area (TPSA) is 79.8 Å². The summed E-state index contributed by atoms with van der Waals surface area (Å²) in [6, 6.07) is 5.89. The molecule has 0 spiro atoms. The molecule has 35 heavy (non-hydrogen) atoms. The third-order valence-electron chi connectivity index (χ3n) is 7.49. The molecule has 6 rings (SSSR count). The van der Waals surface area contributed by atoms with Crippen LogP contribution in [0.15, 0.2) is 36.5 Å². The van der Waals surface area contributed by atoms with Gasteiger partial charge < -0.3 is 9.64 Å². The van der Waals surface area contributed by atoms with E-state index in [2.05, 4.69) is 4.98 Å². The number of aryl methyl sites for hydroxylation is 1. The molecule has 3 saturated carbocycles. The summed E-state index contributed by atoms with van der Waals surface area (Å²) in [6.45, 7) is 1.31. The minimum Gasteiger partial charge on any atom is -0.469 e. The normalized spacial score (nSPS) is 27.5. The van der Waals surface area contributed by atoms with Crippen LogP contribution < -0.4 is 4.90 Å². The van der Waals surface area contributed by atoms with Gasteiger partial charge in [-0.15, -0.1) is 0 Å². The van der Waals surface area contributed by atoms with Gasteiger partial charge >= 0.3 is 5.97 Å². The molecule has 4 fully saturated rings. The number of aromatic nitrogens is 1. The standard InChI is InChI=1S/C25H24F3N3O4/c1-14-7-17(26)21(29-8-14)31-10-18(32)30(9-15-3-5-16(6-4-15)20(27)28)19(22(31)33)24-11-25(12-24,13-24)23(34)35-2/h3-8,19-20H,9-13H2,1-2H3. The molecule has 2 heterocycles. The number of esters is 1. The van der Waals surface area contributed by atoms with Gasteiger partial charge in [0.25, 0.3) is 12.3 Å². The monoisotopic (exact) mass is 487 g/mol. The number of carbonyl (C=O) groups excluding carboxylic acids is 3. The molecule has 2 bridgehead atoms. The van der Waals surface area contributed by atoms with Gasteiger partial charge in [-0.25, -0.2) is 18.2 Å². The fraction of sp³-hybridized carbons (Fsp3) is 0.440. The zero-order chi connectivity index (χ0) is 25.1. The summed E-state index contributed by atoms with van der Waals surface area (Å²) >= 11 is 0. The second-order valence-corrected chi connectivity index (χ2v) is 9.87. The maximum Gasteiger partial charge on any atom is 0.311 e. The Morgan fingerprint density at radius 2 is 1.86 bits per heavy atom. The van der Waals surface area contributed by atoms with Crippen molar-refractivity contribution in [2.75, 3.05) is 18.6 Å². The molecule has 1 aliphatic heterocycles. The van der Waals surface area contributed by atoms with Gasteiger partial charge in [0.05, 0.1) is 12.5 Å². The van der Waals surface area contributed by atoms with Gasteiger partial charge in [-0.1, -0.05) is 24.3 Å². The highest BCUT2D eigenvalue weighted by molar-refractivity contribution is 6.07. The van der Waals surface area contributed by atoms with E-state index in [0.29, 0.717) is 30.4 Å². The van der Waals surface area contributed by atoms with Gasteiger partial charge in [-0.3, -0.25) is 19.3 Å². The molecule has 0 N–H and O–H groups in total. The third-order valence-corrected chi connectivity index (χ3v) is 7.49. The number of nitrogens with zero attached hydrogens (tertiary/aromatic N) is 3. The Morgan fingerprint density at radius 1 is 1.20 bits per heavy atom. The minimum atomic E-state index is -2.62. The van der Waals surface area contributed by atoms with Crippen molar-refractivity contribution in [1.29, 1.82) is 0 Å². The summed E-state index contributed by atoms with van der Waals surface area (Å²) in [5.41, 5.74) is -0.269. The molecule has 3 aliphatic carbocycles. The number of hydrogen-bond acceptors (Lipinski definition) is 5. The van der Waals surface area contributed by atoms with Gasteiger partial charge in [0.2, 0.25) is 5.91 Å². The zero-order valence-electron chi connectivity index (χ0n) is 19.3. The number of pyridine rings is 1. The van der Waals surface area contributed by atoms with Crippen LogP contribution in [0.25, 0.3) is 0 Å². The Bertz CT molecular complexity index is 1200. The second-order valence-electron chi connectivity index (χ2n) is 9.87. The predicted molar refractivity (Wildman–Crippen MR) is 118 cm³/mol. The highest BCUT2D eigenvalue weighted by Crippen LogP contribution is 2.76.